The Morgan fingerprint density at radius 2 is 2.00 bits per heavy atom. The van der Waals surface area contributed by atoms with Crippen LogP contribution >= 0.6 is 0 Å². The minimum absolute atomic E-state index is 0.0131. The van der Waals surface area contributed by atoms with E-state index >= 15 is 0 Å². The number of amides is 2. The van der Waals surface area contributed by atoms with Crippen molar-refractivity contribution in [3.05, 3.63) is 77.7 Å². The third-order valence-electron chi connectivity index (χ3n) is 5.55. The molecule has 30 heavy (non-hydrogen) atoms. The van der Waals surface area contributed by atoms with Crippen LogP contribution < -0.4 is 10.2 Å². The van der Waals surface area contributed by atoms with Crippen LogP contribution in [-0.2, 0) is 16.1 Å². The zero-order chi connectivity index (χ0) is 21.1. The zero-order valence-corrected chi connectivity index (χ0v) is 17.1. The first kappa shape index (κ1) is 19.8. The number of anilines is 1. The van der Waals surface area contributed by atoms with E-state index < -0.39 is 0 Å². The summed E-state index contributed by atoms with van der Waals surface area (Å²) in [4.78, 5) is 35.4. The van der Waals surface area contributed by atoms with Gasteiger partial charge in [0, 0.05) is 49.4 Å². The molecule has 0 radical (unpaired) electrons. The number of carbonyl (C=O) groups excluding carboxylic acids is 2. The first-order chi connectivity index (χ1) is 14.5. The van der Waals surface area contributed by atoms with Gasteiger partial charge in [0.2, 0.25) is 11.8 Å². The molecule has 1 atom stereocenters. The topological polar surface area (TPSA) is 75.2 Å². The summed E-state index contributed by atoms with van der Waals surface area (Å²) in [7, 11) is 0. The van der Waals surface area contributed by atoms with Crippen LogP contribution in [0, 0.1) is 19.8 Å². The number of rotatable bonds is 5. The summed E-state index contributed by atoms with van der Waals surface area (Å²) in [6.07, 6.45) is 5.48. The Bertz CT molecular complexity index is 1060. The number of aromatic nitrogens is 2. The summed E-state index contributed by atoms with van der Waals surface area (Å²) in [5.41, 5.74) is 5.87. The lowest BCUT2D eigenvalue weighted by atomic mass is 10.1. The highest BCUT2D eigenvalue weighted by molar-refractivity contribution is 6.00. The van der Waals surface area contributed by atoms with Crippen LogP contribution in [0.3, 0.4) is 0 Å². The average Bonchev–Trinajstić information content (AvgIpc) is 3.17. The first-order valence-corrected chi connectivity index (χ1v) is 10.0. The van der Waals surface area contributed by atoms with Crippen molar-refractivity contribution in [2.75, 3.05) is 11.4 Å². The highest BCUT2D eigenvalue weighted by atomic mass is 16.2. The number of hydrogen-bond donors (Lipinski definition) is 1. The van der Waals surface area contributed by atoms with Gasteiger partial charge in [-0.25, -0.2) is 0 Å². The van der Waals surface area contributed by atoms with E-state index in [0.29, 0.717) is 13.1 Å². The molecule has 1 aliphatic heterocycles. The molecule has 0 aliphatic carbocycles. The summed E-state index contributed by atoms with van der Waals surface area (Å²) in [5, 5.41) is 2.94. The molecule has 1 saturated heterocycles. The van der Waals surface area contributed by atoms with Crippen molar-refractivity contribution in [3.8, 4) is 11.3 Å². The van der Waals surface area contributed by atoms with Crippen LogP contribution in [0.15, 0.2) is 61.1 Å². The quantitative estimate of drug-likeness (QED) is 0.712. The second kappa shape index (κ2) is 8.45. The van der Waals surface area contributed by atoms with Gasteiger partial charge in [0.1, 0.15) is 0 Å². The molecule has 2 amide bonds. The van der Waals surface area contributed by atoms with Crippen LogP contribution in [0.1, 0.15) is 23.1 Å². The molecule has 3 heterocycles. The Hall–Kier alpha value is -3.54. The fraction of sp³-hybridized carbons (Fsp3) is 0.250. The molecular formula is C24H24N4O2. The number of hydrogen-bond acceptors (Lipinski definition) is 4. The summed E-state index contributed by atoms with van der Waals surface area (Å²) >= 11 is 0. The van der Waals surface area contributed by atoms with Gasteiger partial charge < -0.3 is 10.2 Å². The smallest absolute Gasteiger partial charge is 0.227 e. The molecular weight excluding hydrogens is 376 g/mol. The number of pyridine rings is 2. The summed E-state index contributed by atoms with van der Waals surface area (Å²) in [6.45, 7) is 4.86. The van der Waals surface area contributed by atoms with E-state index in [4.69, 9.17) is 0 Å². The van der Waals surface area contributed by atoms with E-state index in [1.807, 2.05) is 56.3 Å². The van der Waals surface area contributed by atoms with Gasteiger partial charge in [-0.1, -0.05) is 12.1 Å². The predicted octanol–water partition coefficient (Wildman–Crippen LogP) is 3.43. The molecule has 0 saturated carbocycles. The summed E-state index contributed by atoms with van der Waals surface area (Å²) in [6, 6.07) is 13.6. The Morgan fingerprint density at radius 1 is 1.13 bits per heavy atom. The first-order valence-electron chi connectivity index (χ1n) is 10.0. The summed E-state index contributed by atoms with van der Waals surface area (Å²) in [5.74, 6) is -0.464. The number of nitrogens with one attached hydrogen (secondary N) is 1. The molecule has 0 spiro atoms. The van der Waals surface area contributed by atoms with Gasteiger partial charge in [0.05, 0.1) is 11.6 Å². The third-order valence-corrected chi connectivity index (χ3v) is 5.55. The lowest BCUT2D eigenvalue weighted by molar-refractivity contribution is -0.126. The molecule has 1 aromatic carbocycles. The number of nitrogens with zero attached hydrogens (tertiary/aromatic N) is 3. The van der Waals surface area contributed by atoms with E-state index in [0.717, 1.165) is 28.1 Å². The van der Waals surface area contributed by atoms with Crippen molar-refractivity contribution in [3.63, 3.8) is 0 Å². The van der Waals surface area contributed by atoms with E-state index in [2.05, 4.69) is 15.3 Å². The molecule has 2 aromatic heterocycles. The molecule has 1 fully saturated rings. The van der Waals surface area contributed by atoms with Gasteiger partial charge in [0.15, 0.2) is 0 Å². The minimum atomic E-state index is -0.346. The second-order valence-electron chi connectivity index (χ2n) is 7.69. The van der Waals surface area contributed by atoms with Crippen molar-refractivity contribution in [1.29, 1.82) is 0 Å². The molecule has 0 bridgehead atoms. The van der Waals surface area contributed by atoms with Crippen LogP contribution in [0.5, 0.6) is 0 Å². The fourth-order valence-corrected chi connectivity index (χ4v) is 3.57. The third kappa shape index (κ3) is 4.22. The maximum atomic E-state index is 12.6. The molecule has 6 heteroatoms. The maximum Gasteiger partial charge on any atom is 0.227 e. The van der Waals surface area contributed by atoms with Gasteiger partial charge in [-0.3, -0.25) is 19.6 Å². The largest absolute Gasteiger partial charge is 0.352 e. The van der Waals surface area contributed by atoms with Crippen LogP contribution in [0.25, 0.3) is 11.3 Å². The SMILES string of the molecule is Cc1ccc(N2CC(C(=O)NCc3ccc(-c4cccnc4)nc3)CC2=O)cc1C. The van der Waals surface area contributed by atoms with Crippen molar-refractivity contribution in [1.82, 2.24) is 15.3 Å². The van der Waals surface area contributed by atoms with Crippen LogP contribution in [0.2, 0.25) is 0 Å². The maximum absolute atomic E-state index is 12.6. The van der Waals surface area contributed by atoms with E-state index in [1.54, 1.807) is 23.5 Å². The minimum Gasteiger partial charge on any atom is -0.352 e. The van der Waals surface area contributed by atoms with Crippen LogP contribution in [-0.4, -0.2) is 28.3 Å². The van der Waals surface area contributed by atoms with Gasteiger partial charge in [-0.05, 0) is 60.9 Å². The Morgan fingerprint density at radius 3 is 2.70 bits per heavy atom. The van der Waals surface area contributed by atoms with Crippen molar-refractivity contribution < 1.29 is 9.59 Å². The Labute approximate surface area is 176 Å². The normalized spacial score (nSPS) is 16.0. The fourth-order valence-electron chi connectivity index (χ4n) is 3.57. The van der Waals surface area contributed by atoms with Crippen molar-refractivity contribution in [2.24, 2.45) is 5.92 Å². The Balaban J connectivity index is 1.35. The standard InChI is InChI=1S/C24H24N4O2/c1-16-5-7-21(10-17(16)2)28-15-20(11-23(28)29)24(30)27-13-18-6-8-22(26-12-18)19-4-3-9-25-14-19/h3-10,12,14,20H,11,13,15H2,1-2H3,(H,27,30). The molecule has 6 nitrogen and oxygen atoms in total. The van der Waals surface area contributed by atoms with E-state index in [9.17, 15) is 9.59 Å². The second-order valence-corrected chi connectivity index (χ2v) is 7.69. The average molecular weight is 400 g/mol. The van der Waals surface area contributed by atoms with Crippen molar-refractivity contribution in [2.45, 2.75) is 26.8 Å². The highest BCUT2D eigenvalue weighted by Gasteiger charge is 2.35. The van der Waals surface area contributed by atoms with E-state index in [1.165, 1.54) is 5.56 Å². The molecule has 1 unspecified atom stereocenters. The molecule has 1 N–H and O–H groups in total. The zero-order valence-electron chi connectivity index (χ0n) is 17.1. The van der Waals surface area contributed by atoms with Crippen molar-refractivity contribution >= 4 is 17.5 Å². The van der Waals surface area contributed by atoms with Gasteiger partial charge >= 0.3 is 0 Å². The molecule has 1 aliphatic rings. The molecule has 4 rings (SSSR count). The lowest BCUT2D eigenvalue weighted by Crippen LogP contribution is -2.32. The number of carbonyl (C=O) groups is 2. The summed E-state index contributed by atoms with van der Waals surface area (Å²) < 4.78 is 0. The van der Waals surface area contributed by atoms with Gasteiger partial charge in [-0.2, -0.15) is 0 Å². The number of benzene rings is 1. The molecule has 152 valence electrons. The van der Waals surface area contributed by atoms with E-state index in [-0.39, 0.29) is 24.2 Å². The highest BCUT2D eigenvalue weighted by Crippen LogP contribution is 2.27. The molecule has 3 aromatic rings. The number of aryl methyl sites for hydroxylation is 2. The predicted molar refractivity (Wildman–Crippen MR) is 116 cm³/mol. The van der Waals surface area contributed by atoms with Crippen LogP contribution in [0.4, 0.5) is 5.69 Å². The van der Waals surface area contributed by atoms with Gasteiger partial charge in [-0.15, -0.1) is 0 Å². The lowest BCUT2D eigenvalue weighted by Gasteiger charge is -2.18. The monoisotopic (exact) mass is 400 g/mol. The Kier molecular flexibility index (Phi) is 5.57. The van der Waals surface area contributed by atoms with Gasteiger partial charge in [0.25, 0.3) is 0 Å².